The van der Waals surface area contributed by atoms with Crippen LogP contribution in [0.1, 0.15) is 22.0 Å². The summed E-state index contributed by atoms with van der Waals surface area (Å²) in [5.41, 5.74) is 12.4. The maximum atomic E-state index is 11.0. The fourth-order valence-electron chi connectivity index (χ4n) is 1.71. The fourth-order valence-corrected chi connectivity index (χ4v) is 1.71. The van der Waals surface area contributed by atoms with Gasteiger partial charge in [0.25, 0.3) is 5.91 Å². The molecule has 1 heterocycles. The molecular formula is C12H14N4O. The molecule has 1 unspecified atom stereocenters. The van der Waals surface area contributed by atoms with Crippen LogP contribution in [-0.2, 0) is 0 Å². The third-order valence-corrected chi connectivity index (χ3v) is 2.61. The summed E-state index contributed by atoms with van der Waals surface area (Å²) in [5.74, 6) is -0.486. The number of aromatic nitrogens is 2. The highest BCUT2D eigenvalue weighted by molar-refractivity contribution is 5.92. The van der Waals surface area contributed by atoms with Gasteiger partial charge in [-0.3, -0.25) is 9.48 Å². The second-order valence-electron chi connectivity index (χ2n) is 3.74. The number of rotatable bonds is 4. The predicted molar refractivity (Wildman–Crippen MR) is 64.4 cm³/mol. The molecule has 1 aromatic heterocycles. The molecule has 1 amide bonds. The highest BCUT2D eigenvalue weighted by Crippen LogP contribution is 2.16. The predicted octanol–water partition coefficient (Wildman–Crippen LogP) is 0.530. The van der Waals surface area contributed by atoms with E-state index in [1.54, 1.807) is 10.9 Å². The Labute approximate surface area is 99.0 Å². The van der Waals surface area contributed by atoms with Crippen LogP contribution in [0.2, 0.25) is 0 Å². The first-order chi connectivity index (χ1) is 8.22. The molecule has 2 rings (SSSR count). The molecule has 0 aliphatic heterocycles. The van der Waals surface area contributed by atoms with Crippen LogP contribution in [-0.4, -0.2) is 22.2 Å². The minimum atomic E-state index is -0.486. The Morgan fingerprint density at radius 2 is 2.06 bits per heavy atom. The second kappa shape index (κ2) is 4.80. The standard InChI is InChI=1S/C12H14N4O/c13-6-11(9-4-2-1-3-5-9)16-8-10(7-15-16)12(14)17/h1-5,7-8,11H,6,13H2,(H2,14,17). The molecule has 0 spiro atoms. The van der Waals surface area contributed by atoms with Crippen molar-refractivity contribution in [1.29, 1.82) is 0 Å². The molecule has 17 heavy (non-hydrogen) atoms. The second-order valence-corrected chi connectivity index (χ2v) is 3.74. The lowest BCUT2D eigenvalue weighted by Crippen LogP contribution is -2.21. The zero-order valence-corrected chi connectivity index (χ0v) is 9.28. The van der Waals surface area contributed by atoms with Crippen LogP contribution in [0.4, 0.5) is 0 Å². The first-order valence-corrected chi connectivity index (χ1v) is 5.31. The lowest BCUT2D eigenvalue weighted by Gasteiger charge is -2.15. The van der Waals surface area contributed by atoms with Gasteiger partial charge in [0.05, 0.1) is 17.8 Å². The lowest BCUT2D eigenvalue weighted by atomic mass is 10.1. The summed E-state index contributed by atoms with van der Waals surface area (Å²) < 4.78 is 1.66. The Morgan fingerprint density at radius 3 is 2.59 bits per heavy atom. The summed E-state index contributed by atoms with van der Waals surface area (Å²) in [4.78, 5) is 11.0. The van der Waals surface area contributed by atoms with E-state index in [0.717, 1.165) is 5.56 Å². The van der Waals surface area contributed by atoms with Gasteiger partial charge in [-0.1, -0.05) is 30.3 Å². The van der Waals surface area contributed by atoms with Crippen LogP contribution in [0.3, 0.4) is 0 Å². The number of carbonyl (C=O) groups excluding carboxylic acids is 1. The van der Waals surface area contributed by atoms with Gasteiger partial charge in [0.1, 0.15) is 0 Å². The van der Waals surface area contributed by atoms with Crippen molar-refractivity contribution < 1.29 is 4.79 Å². The van der Waals surface area contributed by atoms with Gasteiger partial charge in [-0.25, -0.2) is 0 Å². The van der Waals surface area contributed by atoms with E-state index in [4.69, 9.17) is 11.5 Å². The molecule has 88 valence electrons. The normalized spacial score (nSPS) is 12.3. The number of benzene rings is 1. The summed E-state index contributed by atoms with van der Waals surface area (Å²) in [6.45, 7) is 0.407. The van der Waals surface area contributed by atoms with E-state index in [9.17, 15) is 4.79 Å². The molecule has 0 aliphatic carbocycles. The summed E-state index contributed by atoms with van der Waals surface area (Å²) in [5, 5.41) is 4.12. The average molecular weight is 230 g/mol. The lowest BCUT2D eigenvalue weighted by molar-refractivity contribution is 0.1000. The third kappa shape index (κ3) is 2.34. The van der Waals surface area contributed by atoms with Crippen molar-refractivity contribution in [3.63, 3.8) is 0 Å². The van der Waals surface area contributed by atoms with Crippen LogP contribution in [0.25, 0.3) is 0 Å². The number of nitrogens with zero attached hydrogens (tertiary/aromatic N) is 2. The number of hydrogen-bond donors (Lipinski definition) is 2. The van der Waals surface area contributed by atoms with E-state index < -0.39 is 5.91 Å². The largest absolute Gasteiger partial charge is 0.366 e. The molecule has 0 aliphatic rings. The zero-order valence-electron chi connectivity index (χ0n) is 9.28. The Kier molecular flexibility index (Phi) is 3.20. The van der Waals surface area contributed by atoms with E-state index in [1.807, 2.05) is 30.3 Å². The molecule has 5 heteroatoms. The first kappa shape index (κ1) is 11.3. The van der Waals surface area contributed by atoms with Gasteiger partial charge < -0.3 is 11.5 Å². The number of hydrogen-bond acceptors (Lipinski definition) is 3. The number of amides is 1. The van der Waals surface area contributed by atoms with Crippen molar-refractivity contribution in [1.82, 2.24) is 9.78 Å². The van der Waals surface area contributed by atoms with Crippen LogP contribution in [0.15, 0.2) is 42.7 Å². The summed E-state index contributed by atoms with van der Waals surface area (Å²) in [6, 6.07) is 9.69. The molecular weight excluding hydrogens is 216 g/mol. The van der Waals surface area contributed by atoms with Crippen LogP contribution >= 0.6 is 0 Å². The molecule has 0 radical (unpaired) electrons. The third-order valence-electron chi connectivity index (χ3n) is 2.61. The van der Waals surface area contributed by atoms with Gasteiger partial charge in [0.2, 0.25) is 0 Å². The van der Waals surface area contributed by atoms with Gasteiger partial charge in [0.15, 0.2) is 0 Å². The average Bonchev–Trinajstić information content (AvgIpc) is 2.81. The van der Waals surface area contributed by atoms with Gasteiger partial charge in [-0.05, 0) is 5.56 Å². The molecule has 0 saturated heterocycles. The van der Waals surface area contributed by atoms with Crippen molar-refractivity contribution in [2.24, 2.45) is 11.5 Å². The highest BCUT2D eigenvalue weighted by Gasteiger charge is 2.14. The van der Waals surface area contributed by atoms with E-state index in [0.29, 0.717) is 12.1 Å². The zero-order chi connectivity index (χ0) is 12.3. The minimum absolute atomic E-state index is 0.0794. The summed E-state index contributed by atoms with van der Waals surface area (Å²) >= 11 is 0. The first-order valence-electron chi connectivity index (χ1n) is 5.31. The maximum Gasteiger partial charge on any atom is 0.251 e. The van der Waals surface area contributed by atoms with Gasteiger partial charge in [-0.2, -0.15) is 5.10 Å². The van der Waals surface area contributed by atoms with Crippen molar-refractivity contribution in [3.8, 4) is 0 Å². The summed E-state index contributed by atoms with van der Waals surface area (Å²) in [7, 11) is 0. The van der Waals surface area contributed by atoms with Crippen LogP contribution < -0.4 is 11.5 Å². The van der Waals surface area contributed by atoms with E-state index in [-0.39, 0.29) is 6.04 Å². The van der Waals surface area contributed by atoms with E-state index >= 15 is 0 Å². The van der Waals surface area contributed by atoms with E-state index in [2.05, 4.69) is 5.10 Å². The number of carbonyl (C=O) groups is 1. The SMILES string of the molecule is NCC(c1ccccc1)n1cc(C(N)=O)cn1. The maximum absolute atomic E-state index is 11.0. The molecule has 4 N–H and O–H groups in total. The Morgan fingerprint density at radius 1 is 1.35 bits per heavy atom. The smallest absolute Gasteiger partial charge is 0.251 e. The van der Waals surface area contributed by atoms with E-state index in [1.165, 1.54) is 6.20 Å². The van der Waals surface area contributed by atoms with Crippen LogP contribution in [0.5, 0.6) is 0 Å². The fraction of sp³-hybridized carbons (Fsp3) is 0.167. The van der Waals surface area contributed by atoms with Crippen LogP contribution in [0, 0.1) is 0 Å². The monoisotopic (exact) mass is 230 g/mol. The minimum Gasteiger partial charge on any atom is -0.366 e. The molecule has 0 saturated carbocycles. The number of primary amides is 1. The molecule has 1 aromatic carbocycles. The van der Waals surface area contributed by atoms with Crippen molar-refractivity contribution in [2.45, 2.75) is 6.04 Å². The quantitative estimate of drug-likeness (QED) is 0.803. The molecule has 0 fully saturated rings. The molecule has 0 bridgehead atoms. The van der Waals surface area contributed by atoms with Gasteiger partial charge in [-0.15, -0.1) is 0 Å². The Hall–Kier alpha value is -2.14. The van der Waals surface area contributed by atoms with Crippen molar-refractivity contribution in [2.75, 3.05) is 6.54 Å². The van der Waals surface area contributed by atoms with Gasteiger partial charge in [0, 0.05) is 12.7 Å². The molecule has 2 aromatic rings. The highest BCUT2D eigenvalue weighted by atomic mass is 16.1. The Balaban J connectivity index is 2.32. The van der Waals surface area contributed by atoms with Crippen molar-refractivity contribution >= 4 is 5.91 Å². The summed E-state index contributed by atoms with van der Waals surface area (Å²) in [6.07, 6.45) is 3.07. The molecule has 1 atom stereocenters. The Bertz CT molecular complexity index is 506. The van der Waals surface area contributed by atoms with Gasteiger partial charge >= 0.3 is 0 Å². The number of nitrogens with two attached hydrogens (primary N) is 2. The molecule has 5 nitrogen and oxygen atoms in total. The topological polar surface area (TPSA) is 86.9 Å². The van der Waals surface area contributed by atoms with Crippen molar-refractivity contribution in [3.05, 3.63) is 53.9 Å².